The summed E-state index contributed by atoms with van der Waals surface area (Å²) in [7, 11) is 0. The van der Waals surface area contributed by atoms with Gasteiger partial charge in [-0.1, -0.05) is 0 Å². The topological polar surface area (TPSA) is 370 Å². The standard InChI is InChI=1S/C33H40O22/c34-6-17-21(40)24(43)27(46)31(53-17)49-10-3-12(37)11-5-16(52-33-29(48)26(45)23(42)19(8-36)55-33)30(50-14(11)4-10)9-1-13(38)20(39)15(2-9)51-32-28(47)25(44)22(41)18(7-35)54-32/h1-5,17-19,21-29,31-36,40-48H,6-8H2,(H2-,37,38,39)/p+1/t17?,18?,19?,21-,22-,23-,24+,25+,26?,27?,28?,29?,31-,32-,33-/m1/s1. The van der Waals surface area contributed by atoms with Crippen molar-refractivity contribution < 1.29 is 109 Å². The minimum Gasteiger partial charge on any atom is -0.507 e. The molecule has 0 spiro atoms. The van der Waals surface area contributed by atoms with Crippen LogP contribution < -0.4 is 14.2 Å². The van der Waals surface area contributed by atoms with Crippen LogP contribution in [0.5, 0.6) is 34.5 Å². The van der Waals surface area contributed by atoms with Gasteiger partial charge in [0.15, 0.2) is 11.5 Å². The Morgan fingerprint density at radius 2 is 0.945 bits per heavy atom. The molecule has 55 heavy (non-hydrogen) atoms. The molecule has 6 rings (SSSR count). The van der Waals surface area contributed by atoms with Crippen LogP contribution in [-0.2, 0) is 14.2 Å². The van der Waals surface area contributed by atoms with E-state index in [0.717, 1.165) is 30.3 Å². The van der Waals surface area contributed by atoms with Gasteiger partial charge in [-0.25, -0.2) is 4.42 Å². The minimum atomic E-state index is -1.94. The van der Waals surface area contributed by atoms with Gasteiger partial charge in [0, 0.05) is 24.3 Å². The van der Waals surface area contributed by atoms with E-state index in [0.29, 0.717) is 0 Å². The molecule has 0 radical (unpaired) electrons. The number of rotatable bonds is 10. The largest absolute Gasteiger partial charge is 0.507 e. The Kier molecular flexibility index (Phi) is 12.0. The van der Waals surface area contributed by atoms with Crippen LogP contribution in [0.15, 0.2) is 34.7 Å². The maximum atomic E-state index is 11.1. The Morgan fingerprint density at radius 3 is 1.42 bits per heavy atom. The van der Waals surface area contributed by atoms with E-state index >= 15 is 0 Å². The third-order valence-corrected chi connectivity index (χ3v) is 9.41. The first-order valence-corrected chi connectivity index (χ1v) is 16.7. The quantitative estimate of drug-likeness (QED) is 0.0675. The van der Waals surface area contributed by atoms with E-state index in [2.05, 4.69) is 0 Å². The third-order valence-electron chi connectivity index (χ3n) is 9.41. The van der Waals surface area contributed by atoms with Crippen LogP contribution in [0.25, 0.3) is 22.3 Å². The lowest BCUT2D eigenvalue weighted by Crippen LogP contribution is -2.60. The van der Waals surface area contributed by atoms with Gasteiger partial charge in [0.05, 0.1) is 31.5 Å². The highest BCUT2D eigenvalue weighted by Crippen LogP contribution is 2.46. The number of hydrogen-bond donors (Lipinski definition) is 15. The van der Waals surface area contributed by atoms with Crippen molar-refractivity contribution in [2.24, 2.45) is 0 Å². The molecule has 304 valence electrons. The van der Waals surface area contributed by atoms with Crippen molar-refractivity contribution in [3.05, 3.63) is 30.3 Å². The molecule has 3 saturated heterocycles. The molecule has 3 aliphatic rings. The Bertz CT molecular complexity index is 1800. The SMILES string of the molecule is OCC1O[C@@H](Oc2cc3c(O)cc(O[C@@H]4OC(CO)[C@@H](O)[C@H](O)C4O)cc3[o+]c2-c2cc(O)c(O)c(O[C@@H]3OC(CO)[C@@H](O)[C@H](O)C3O)c2)C(O)C(O)[C@@H]1O. The molecule has 22 heteroatoms. The number of phenols is 3. The number of ether oxygens (including phenoxy) is 6. The van der Waals surface area contributed by atoms with Crippen molar-refractivity contribution in [2.45, 2.75) is 92.1 Å². The summed E-state index contributed by atoms with van der Waals surface area (Å²) in [5, 5.41) is 154. The Balaban J connectivity index is 1.43. The lowest BCUT2D eigenvalue weighted by Gasteiger charge is -2.39. The van der Waals surface area contributed by atoms with E-state index in [1.54, 1.807) is 0 Å². The fourth-order valence-electron chi connectivity index (χ4n) is 6.22. The molecular weight excluding hydrogens is 748 g/mol. The smallest absolute Gasteiger partial charge is 0.402 e. The number of aliphatic hydroxyl groups excluding tert-OH is 12. The van der Waals surface area contributed by atoms with Crippen molar-refractivity contribution in [1.82, 2.24) is 0 Å². The van der Waals surface area contributed by atoms with Gasteiger partial charge < -0.3 is 105 Å². The first-order valence-electron chi connectivity index (χ1n) is 16.7. The zero-order chi connectivity index (χ0) is 40.0. The van der Waals surface area contributed by atoms with Crippen molar-refractivity contribution in [1.29, 1.82) is 0 Å². The first kappa shape index (κ1) is 40.7. The average Bonchev–Trinajstić information content (AvgIpc) is 3.16. The molecule has 1 aromatic heterocycles. The van der Waals surface area contributed by atoms with Crippen LogP contribution in [0.4, 0.5) is 0 Å². The molecule has 7 unspecified atom stereocenters. The lowest BCUT2D eigenvalue weighted by molar-refractivity contribution is -0.277. The van der Waals surface area contributed by atoms with Crippen LogP contribution in [0.3, 0.4) is 0 Å². The molecule has 15 atom stereocenters. The predicted octanol–water partition coefficient (Wildman–Crippen LogP) is -4.97. The molecule has 0 saturated carbocycles. The van der Waals surface area contributed by atoms with E-state index in [1.807, 2.05) is 0 Å². The number of hydrogen-bond acceptors (Lipinski definition) is 21. The van der Waals surface area contributed by atoms with Crippen molar-refractivity contribution >= 4 is 11.0 Å². The molecule has 22 nitrogen and oxygen atoms in total. The lowest BCUT2D eigenvalue weighted by atomic mass is 9.99. The first-order chi connectivity index (χ1) is 26.1. The van der Waals surface area contributed by atoms with Crippen LogP contribution in [0.1, 0.15) is 0 Å². The Hall–Kier alpha value is -3.95. The fraction of sp³-hybridized carbons (Fsp3) is 0.545. The van der Waals surface area contributed by atoms with Crippen molar-refractivity contribution in [3.63, 3.8) is 0 Å². The van der Waals surface area contributed by atoms with Gasteiger partial charge in [0.1, 0.15) is 90.1 Å². The normalized spacial score (nSPS) is 36.8. The number of aromatic hydroxyl groups is 3. The second kappa shape index (κ2) is 16.3. The number of phenolic OH excluding ortho intramolecular Hbond substituents is 3. The van der Waals surface area contributed by atoms with Gasteiger partial charge in [-0.2, -0.15) is 0 Å². The highest BCUT2D eigenvalue weighted by molar-refractivity contribution is 5.89. The third kappa shape index (κ3) is 7.76. The summed E-state index contributed by atoms with van der Waals surface area (Å²) in [5.74, 6) is -4.10. The van der Waals surface area contributed by atoms with Gasteiger partial charge in [0.25, 0.3) is 0 Å². The van der Waals surface area contributed by atoms with Gasteiger partial charge in [-0.3, -0.25) is 0 Å². The molecule has 3 aromatic rings. The molecule has 15 N–H and O–H groups in total. The van der Waals surface area contributed by atoms with Crippen LogP contribution in [0, 0.1) is 0 Å². The van der Waals surface area contributed by atoms with E-state index < -0.39 is 146 Å². The van der Waals surface area contributed by atoms with Gasteiger partial charge in [-0.05, 0) is 0 Å². The highest BCUT2D eigenvalue weighted by atomic mass is 16.7. The maximum Gasteiger partial charge on any atom is 0.402 e. The van der Waals surface area contributed by atoms with Gasteiger partial charge in [-0.15, -0.1) is 0 Å². The zero-order valence-corrected chi connectivity index (χ0v) is 28.2. The maximum absolute atomic E-state index is 11.1. The molecular formula is C33H41O22+. The highest BCUT2D eigenvalue weighted by Gasteiger charge is 2.48. The predicted molar refractivity (Wildman–Crippen MR) is 174 cm³/mol. The average molecular weight is 790 g/mol. The summed E-state index contributed by atoms with van der Waals surface area (Å²) >= 11 is 0. The van der Waals surface area contributed by atoms with Crippen molar-refractivity contribution in [3.8, 4) is 45.8 Å². The van der Waals surface area contributed by atoms with E-state index in [1.165, 1.54) is 0 Å². The second-order valence-corrected chi connectivity index (χ2v) is 13.1. The minimum absolute atomic E-state index is 0.134. The van der Waals surface area contributed by atoms with Crippen LogP contribution in [0.2, 0.25) is 0 Å². The van der Waals surface area contributed by atoms with E-state index in [-0.39, 0.29) is 22.3 Å². The molecule has 4 heterocycles. The summed E-state index contributed by atoms with van der Waals surface area (Å²) in [5.41, 5.74) is -0.462. The van der Waals surface area contributed by atoms with Gasteiger partial charge in [0.2, 0.25) is 30.4 Å². The molecule has 2 aromatic carbocycles. The molecule has 0 bridgehead atoms. The van der Waals surface area contributed by atoms with Crippen molar-refractivity contribution in [2.75, 3.05) is 19.8 Å². The monoisotopic (exact) mass is 789 g/mol. The van der Waals surface area contributed by atoms with E-state index in [4.69, 9.17) is 32.8 Å². The zero-order valence-electron chi connectivity index (χ0n) is 28.2. The van der Waals surface area contributed by atoms with Crippen LogP contribution >= 0.6 is 0 Å². The summed E-state index contributed by atoms with van der Waals surface area (Å²) < 4.78 is 39.3. The summed E-state index contributed by atoms with van der Waals surface area (Å²) in [6.45, 7) is -2.39. The fourth-order valence-corrected chi connectivity index (χ4v) is 6.22. The summed E-state index contributed by atoms with van der Waals surface area (Å²) in [6.07, 6.45) is -26.0. The van der Waals surface area contributed by atoms with E-state index in [9.17, 15) is 76.6 Å². The number of benzene rings is 2. The van der Waals surface area contributed by atoms with Gasteiger partial charge >= 0.3 is 11.3 Å². The second-order valence-electron chi connectivity index (χ2n) is 13.1. The molecule has 3 aliphatic heterocycles. The summed E-state index contributed by atoms with van der Waals surface area (Å²) in [6, 6.07) is 5.24. The summed E-state index contributed by atoms with van der Waals surface area (Å²) in [4.78, 5) is 0. The Morgan fingerprint density at radius 1 is 0.491 bits per heavy atom. The number of aliphatic hydroxyl groups is 12. The number of fused-ring (bicyclic) bond motifs is 1. The molecule has 3 fully saturated rings. The molecule has 0 amide bonds. The van der Waals surface area contributed by atoms with Crippen LogP contribution in [-0.4, -0.2) is 189 Å². The molecule has 0 aliphatic carbocycles. The Labute approximate surface area is 308 Å².